The fourth-order valence-electron chi connectivity index (χ4n) is 2.14. The minimum absolute atomic E-state index is 0.0560. The van der Waals surface area contributed by atoms with E-state index >= 15 is 0 Å². The lowest BCUT2D eigenvalue weighted by atomic mass is 10.0. The summed E-state index contributed by atoms with van der Waals surface area (Å²) in [5, 5.41) is 13.4. The summed E-state index contributed by atoms with van der Waals surface area (Å²) in [6.07, 6.45) is 4.02. The summed E-state index contributed by atoms with van der Waals surface area (Å²) in [5.41, 5.74) is 1.91. The van der Waals surface area contributed by atoms with Gasteiger partial charge in [-0.1, -0.05) is 11.6 Å². The Hall–Kier alpha value is -1.72. The van der Waals surface area contributed by atoms with Gasteiger partial charge in [0.2, 0.25) is 0 Å². The average Bonchev–Trinajstić information content (AvgIpc) is 2.44. The van der Waals surface area contributed by atoms with E-state index in [1.807, 2.05) is 26.0 Å². The van der Waals surface area contributed by atoms with E-state index in [-0.39, 0.29) is 12.5 Å². The minimum atomic E-state index is 0.0560. The molecule has 0 radical (unpaired) electrons. The molecular formula is C15H19ClN4O. The van der Waals surface area contributed by atoms with Gasteiger partial charge in [-0.25, -0.2) is 9.97 Å². The third kappa shape index (κ3) is 4.65. The lowest BCUT2D eigenvalue weighted by molar-refractivity contribution is 0.232. The molecule has 0 saturated heterocycles. The van der Waals surface area contributed by atoms with Crippen molar-refractivity contribution in [1.29, 1.82) is 0 Å². The Morgan fingerprint density at radius 2 is 2.14 bits per heavy atom. The Bertz CT molecular complexity index is 586. The number of nitrogens with one attached hydrogen (secondary N) is 1. The zero-order valence-electron chi connectivity index (χ0n) is 12.2. The molecule has 0 aliphatic heterocycles. The standard InChI is InChI=1S/C15H19ClN4O/c1-10-5-15(20-11(2)19-10)18-7-12(9-21)6-13-3-4-17-8-14(13)16/h3-5,8,12,21H,6-7,9H2,1-2H3,(H,18,19,20). The highest BCUT2D eigenvalue weighted by molar-refractivity contribution is 6.31. The van der Waals surface area contributed by atoms with E-state index in [1.54, 1.807) is 12.4 Å². The highest BCUT2D eigenvalue weighted by Gasteiger charge is 2.11. The molecule has 112 valence electrons. The van der Waals surface area contributed by atoms with Gasteiger partial charge in [-0.3, -0.25) is 4.98 Å². The first kappa shape index (κ1) is 15.7. The molecule has 1 atom stereocenters. The average molecular weight is 307 g/mol. The first-order valence-corrected chi connectivity index (χ1v) is 7.21. The second-order valence-corrected chi connectivity index (χ2v) is 5.45. The second kappa shape index (κ2) is 7.33. The van der Waals surface area contributed by atoms with Crippen LogP contribution in [0.4, 0.5) is 5.82 Å². The van der Waals surface area contributed by atoms with Crippen LogP contribution in [0.15, 0.2) is 24.5 Å². The molecule has 0 aliphatic rings. The van der Waals surface area contributed by atoms with Gasteiger partial charge in [0.25, 0.3) is 0 Å². The number of aromatic nitrogens is 3. The predicted molar refractivity (Wildman–Crippen MR) is 83.5 cm³/mol. The molecule has 0 aromatic carbocycles. The minimum Gasteiger partial charge on any atom is -0.396 e. The van der Waals surface area contributed by atoms with Crippen LogP contribution >= 0.6 is 11.6 Å². The number of aliphatic hydroxyl groups excluding tert-OH is 1. The smallest absolute Gasteiger partial charge is 0.129 e. The zero-order valence-corrected chi connectivity index (χ0v) is 12.9. The maximum absolute atomic E-state index is 9.53. The molecule has 2 heterocycles. The Morgan fingerprint density at radius 1 is 1.33 bits per heavy atom. The van der Waals surface area contributed by atoms with Crippen LogP contribution in [0.5, 0.6) is 0 Å². The van der Waals surface area contributed by atoms with Gasteiger partial charge in [-0.05, 0) is 31.9 Å². The van der Waals surface area contributed by atoms with Crippen molar-refractivity contribution in [2.24, 2.45) is 5.92 Å². The summed E-state index contributed by atoms with van der Waals surface area (Å²) >= 11 is 6.10. The van der Waals surface area contributed by atoms with Crippen molar-refractivity contribution in [1.82, 2.24) is 15.0 Å². The summed E-state index contributed by atoms with van der Waals surface area (Å²) in [5.74, 6) is 1.56. The number of pyridine rings is 1. The largest absolute Gasteiger partial charge is 0.396 e. The highest BCUT2D eigenvalue weighted by Crippen LogP contribution is 2.18. The monoisotopic (exact) mass is 306 g/mol. The number of hydrogen-bond donors (Lipinski definition) is 2. The van der Waals surface area contributed by atoms with Crippen molar-refractivity contribution in [2.75, 3.05) is 18.5 Å². The number of nitrogens with zero attached hydrogens (tertiary/aromatic N) is 3. The van der Waals surface area contributed by atoms with Crippen molar-refractivity contribution < 1.29 is 5.11 Å². The van der Waals surface area contributed by atoms with Gasteiger partial charge in [0, 0.05) is 43.2 Å². The summed E-state index contributed by atoms with van der Waals surface area (Å²) in [7, 11) is 0. The van der Waals surface area contributed by atoms with Crippen molar-refractivity contribution >= 4 is 17.4 Å². The molecule has 0 spiro atoms. The quantitative estimate of drug-likeness (QED) is 0.857. The van der Waals surface area contributed by atoms with Crippen LogP contribution in [0.25, 0.3) is 0 Å². The Kier molecular flexibility index (Phi) is 5.47. The van der Waals surface area contributed by atoms with E-state index in [4.69, 9.17) is 11.6 Å². The van der Waals surface area contributed by atoms with Crippen molar-refractivity contribution in [3.63, 3.8) is 0 Å². The Labute approximate surface area is 129 Å². The molecule has 21 heavy (non-hydrogen) atoms. The van der Waals surface area contributed by atoms with Crippen LogP contribution in [-0.4, -0.2) is 33.2 Å². The lowest BCUT2D eigenvalue weighted by Crippen LogP contribution is -2.21. The summed E-state index contributed by atoms with van der Waals surface area (Å²) in [6.45, 7) is 4.48. The molecule has 0 bridgehead atoms. The molecule has 6 heteroatoms. The van der Waals surface area contributed by atoms with E-state index in [1.165, 1.54) is 0 Å². The van der Waals surface area contributed by atoms with Crippen LogP contribution in [0.1, 0.15) is 17.1 Å². The van der Waals surface area contributed by atoms with Gasteiger partial charge >= 0.3 is 0 Å². The maximum Gasteiger partial charge on any atom is 0.129 e. The van der Waals surface area contributed by atoms with Crippen LogP contribution in [0, 0.1) is 19.8 Å². The number of anilines is 1. The first-order chi connectivity index (χ1) is 10.1. The Balaban J connectivity index is 1.98. The summed E-state index contributed by atoms with van der Waals surface area (Å²) in [4.78, 5) is 12.5. The highest BCUT2D eigenvalue weighted by atomic mass is 35.5. The van der Waals surface area contributed by atoms with Crippen molar-refractivity contribution in [3.05, 3.63) is 46.6 Å². The molecular weight excluding hydrogens is 288 g/mol. The predicted octanol–water partition coefficient (Wildman–Crippen LogP) is 2.40. The molecule has 0 amide bonds. The van der Waals surface area contributed by atoms with Gasteiger partial charge in [-0.2, -0.15) is 0 Å². The van der Waals surface area contributed by atoms with Gasteiger partial charge in [0.05, 0.1) is 5.02 Å². The van der Waals surface area contributed by atoms with E-state index < -0.39 is 0 Å². The molecule has 0 fully saturated rings. The molecule has 0 saturated carbocycles. The zero-order chi connectivity index (χ0) is 15.2. The van der Waals surface area contributed by atoms with Crippen molar-refractivity contribution in [2.45, 2.75) is 20.3 Å². The van der Waals surface area contributed by atoms with Crippen LogP contribution in [0.2, 0.25) is 5.02 Å². The number of hydrogen-bond acceptors (Lipinski definition) is 5. The molecule has 0 aliphatic carbocycles. The molecule has 1 unspecified atom stereocenters. The fraction of sp³-hybridized carbons (Fsp3) is 0.400. The van der Waals surface area contributed by atoms with Gasteiger partial charge < -0.3 is 10.4 Å². The number of aliphatic hydroxyl groups is 1. The van der Waals surface area contributed by atoms with Crippen LogP contribution in [-0.2, 0) is 6.42 Å². The number of rotatable bonds is 6. The van der Waals surface area contributed by atoms with Crippen LogP contribution in [0.3, 0.4) is 0 Å². The van der Waals surface area contributed by atoms with E-state index in [2.05, 4.69) is 20.3 Å². The second-order valence-electron chi connectivity index (χ2n) is 5.04. The van der Waals surface area contributed by atoms with E-state index in [0.29, 0.717) is 18.0 Å². The lowest BCUT2D eigenvalue weighted by Gasteiger charge is -2.16. The topological polar surface area (TPSA) is 70.9 Å². The number of halogens is 1. The van der Waals surface area contributed by atoms with Crippen molar-refractivity contribution in [3.8, 4) is 0 Å². The van der Waals surface area contributed by atoms with Gasteiger partial charge in [-0.15, -0.1) is 0 Å². The maximum atomic E-state index is 9.53. The number of aryl methyl sites for hydroxylation is 2. The first-order valence-electron chi connectivity index (χ1n) is 6.84. The van der Waals surface area contributed by atoms with E-state index in [0.717, 1.165) is 22.9 Å². The Morgan fingerprint density at radius 3 is 2.81 bits per heavy atom. The SMILES string of the molecule is Cc1cc(NCC(CO)Cc2ccncc2Cl)nc(C)n1. The molecule has 2 rings (SSSR count). The van der Waals surface area contributed by atoms with Gasteiger partial charge in [0.1, 0.15) is 11.6 Å². The molecule has 5 nitrogen and oxygen atoms in total. The summed E-state index contributed by atoms with van der Waals surface area (Å²) in [6, 6.07) is 3.77. The summed E-state index contributed by atoms with van der Waals surface area (Å²) < 4.78 is 0. The normalized spacial score (nSPS) is 12.2. The molecule has 2 aromatic rings. The van der Waals surface area contributed by atoms with Crippen LogP contribution < -0.4 is 5.32 Å². The van der Waals surface area contributed by atoms with E-state index in [9.17, 15) is 5.11 Å². The van der Waals surface area contributed by atoms with Gasteiger partial charge in [0.15, 0.2) is 0 Å². The fourth-order valence-corrected chi connectivity index (χ4v) is 2.33. The third-order valence-corrected chi connectivity index (χ3v) is 3.50. The molecule has 2 N–H and O–H groups in total. The molecule has 2 aromatic heterocycles. The third-order valence-electron chi connectivity index (χ3n) is 3.16.